The van der Waals surface area contributed by atoms with Crippen molar-refractivity contribution in [2.75, 3.05) is 13.7 Å². The average molecular weight is 775 g/mol. The molecule has 13 nitrogen and oxygen atoms in total. The normalized spacial score (nSPS) is 23.3. The van der Waals surface area contributed by atoms with Crippen LogP contribution >= 0.6 is 0 Å². The minimum absolute atomic E-state index is 0.0886. The summed E-state index contributed by atoms with van der Waals surface area (Å²) in [5.41, 5.74) is -1.76. The first-order valence-electron chi connectivity index (χ1n) is 17.3. The third-order valence-corrected chi connectivity index (χ3v) is 11.6. The minimum Gasteiger partial charge on any atom is -0.497 e. The van der Waals surface area contributed by atoms with E-state index >= 15 is 0 Å². The van der Waals surface area contributed by atoms with E-state index in [1.807, 2.05) is 0 Å². The van der Waals surface area contributed by atoms with Gasteiger partial charge in [-0.1, -0.05) is 26.8 Å². The number of carbonyl (C=O) groups is 3. The van der Waals surface area contributed by atoms with E-state index in [1.54, 1.807) is 45.0 Å². The van der Waals surface area contributed by atoms with Gasteiger partial charge in [0, 0.05) is 23.3 Å². The zero-order chi connectivity index (χ0) is 39.4. The van der Waals surface area contributed by atoms with Crippen LogP contribution in [0.25, 0.3) is 22.0 Å². The first-order chi connectivity index (χ1) is 25.2. The van der Waals surface area contributed by atoms with Gasteiger partial charge in [-0.3, -0.25) is 19.1 Å². The number of amides is 3. The van der Waals surface area contributed by atoms with E-state index in [2.05, 4.69) is 26.3 Å². The van der Waals surface area contributed by atoms with Crippen molar-refractivity contribution in [1.29, 1.82) is 0 Å². The zero-order valence-electron chi connectivity index (χ0n) is 30.0. The predicted octanol–water partition coefficient (Wildman–Crippen LogP) is 4.23. The van der Waals surface area contributed by atoms with E-state index in [4.69, 9.17) is 9.47 Å². The van der Waals surface area contributed by atoms with Gasteiger partial charge in [-0.05, 0) is 78.6 Å². The molecule has 0 radical (unpaired) electrons. The maximum absolute atomic E-state index is 14.1. The predicted molar refractivity (Wildman–Crippen MR) is 190 cm³/mol. The van der Waals surface area contributed by atoms with E-state index in [9.17, 15) is 41.1 Å². The number of nitrogens with one attached hydrogen (secondary N) is 2. The van der Waals surface area contributed by atoms with E-state index < -0.39 is 80.2 Å². The molecule has 1 unspecified atom stereocenters. The minimum atomic E-state index is -4.87. The summed E-state index contributed by atoms with van der Waals surface area (Å²) >= 11 is 0. The number of carbonyl (C=O) groups excluding carboxylic acids is 3. The van der Waals surface area contributed by atoms with Gasteiger partial charge in [0.1, 0.15) is 35.3 Å². The van der Waals surface area contributed by atoms with Crippen molar-refractivity contribution in [3.05, 3.63) is 61.2 Å². The maximum Gasteiger partial charge on any atom is 0.573 e. The van der Waals surface area contributed by atoms with Crippen LogP contribution in [0.15, 0.2) is 61.2 Å². The van der Waals surface area contributed by atoms with Gasteiger partial charge in [0.2, 0.25) is 21.8 Å². The summed E-state index contributed by atoms with van der Waals surface area (Å²) in [7, 11) is -2.45. The van der Waals surface area contributed by atoms with E-state index in [-0.39, 0.29) is 25.3 Å². The number of aliphatic hydroxyl groups excluding tert-OH is 1. The van der Waals surface area contributed by atoms with Gasteiger partial charge < -0.3 is 29.5 Å². The second-order valence-corrected chi connectivity index (χ2v) is 16.9. The smallest absolute Gasteiger partial charge is 0.497 e. The lowest BCUT2D eigenvalue weighted by Crippen LogP contribution is -2.57. The standard InChI is InChI=1S/C37H41F3N4O9S/c1-6-22-18-36(22,34(48)43-54(49,50)26-12-13-26)42-31(46)29-17-25(19-44(29)33(47)30(45)35(2,3)4)52-32-27-14-11-24(51-5)15-21(27)16-28(41-32)20-7-9-23(10-8-20)53-37(38,39)40/h6-11,14-16,22,25-26,29-30,45H,1,12-13,17-19H2,2-5H3,(H,42,46)(H,43,48)/t22-,25?,29+,30-,36-/m1/s1. The number of benzene rings is 2. The van der Waals surface area contributed by atoms with Crippen LogP contribution in [-0.2, 0) is 24.4 Å². The fourth-order valence-electron chi connectivity index (χ4n) is 6.48. The van der Waals surface area contributed by atoms with Crippen molar-refractivity contribution in [2.45, 2.75) is 81.9 Å². The van der Waals surface area contributed by atoms with Crippen LogP contribution in [0, 0.1) is 11.3 Å². The van der Waals surface area contributed by atoms with Gasteiger partial charge in [0.15, 0.2) is 0 Å². The molecule has 3 N–H and O–H groups in total. The number of halogens is 3. The van der Waals surface area contributed by atoms with E-state index in [0.717, 1.165) is 12.1 Å². The molecule has 0 spiro atoms. The topological polar surface area (TPSA) is 173 Å². The second-order valence-electron chi connectivity index (χ2n) is 14.9. The Morgan fingerprint density at radius 2 is 1.74 bits per heavy atom. The Morgan fingerprint density at radius 3 is 2.31 bits per heavy atom. The Kier molecular flexibility index (Phi) is 10.1. The average Bonchev–Trinajstić information content (AvgIpc) is 4.03. The molecule has 290 valence electrons. The highest BCUT2D eigenvalue weighted by molar-refractivity contribution is 7.91. The van der Waals surface area contributed by atoms with Gasteiger partial charge in [0.05, 0.1) is 24.6 Å². The number of hydrogen-bond donors (Lipinski definition) is 3. The Bertz CT molecular complexity index is 2080. The molecule has 2 saturated carbocycles. The number of aromatic nitrogens is 1. The number of hydrogen-bond acceptors (Lipinski definition) is 10. The molecule has 5 atom stereocenters. The van der Waals surface area contributed by atoms with Gasteiger partial charge in [-0.2, -0.15) is 0 Å². The number of alkyl halides is 3. The van der Waals surface area contributed by atoms with Crippen LogP contribution in [0.4, 0.5) is 13.2 Å². The van der Waals surface area contributed by atoms with E-state index in [1.165, 1.54) is 30.2 Å². The number of likely N-dealkylation sites (tertiary alicyclic amines) is 1. The first-order valence-corrected chi connectivity index (χ1v) is 18.8. The highest BCUT2D eigenvalue weighted by Gasteiger charge is 2.62. The highest BCUT2D eigenvalue weighted by Crippen LogP contribution is 2.46. The zero-order valence-corrected chi connectivity index (χ0v) is 30.8. The molecule has 54 heavy (non-hydrogen) atoms. The van der Waals surface area contributed by atoms with Crippen molar-refractivity contribution >= 4 is 38.5 Å². The van der Waals surface area contributed by atoms with Crippen molar-refractivity contribution in [3.63, 3.8) is 0 Å². The maximum atomic E-state index is 14.1. The number of sulfonamides is 1. The molecular formula is C37H41F3N4O9S. The van der Waals surface area contributed by atoms with Crippen molar-refractivity contribution in [3.8, 4) is 28.6 Å². The summed E-state index contributed by atoms with van der Waals surface area (Å²) < 4.78 is 81.5. The number of fused-ring (bicyclic) bond motifs is 1. The summed E-state index contributed by atoms with van der Waals surface area (Å²) in [6.45, 7) is 8.52. The van der Waals surface area contributed by atoms with Crippen LogP contribution < -0.4 is 24.2 Å². The molecule has 3 fully saturated rings. The fraction of sp³-hybridized carbons (Fsp3) is 0.459. The molecule has 1 saturated heterocycles. The molecule has 6 rings (SSSR count). The van der Waals surface area contributed by atoms with Gasteiger partial charge in [0.25, 0.3) is 11.8 Å². The van der Waals surface area contributed by atoms with Crippen LogP contribution in [-0.4, -0.2) is 90.2 Å². The molecule has 3 aliphatic rings. The Labute approximate surface area is 309 Å². The van der Waals surface area contributed by atoms with Gasteiger partial charge >= 0.3 is 6.36 Å². The van der Waals surface area contributed by atoms with Crippen LogP contribution in [0.5, 0.6) is 17.4 Å². The third-order valence-electron chi connectivity index (χ3n) is 9.82. The lowest BCUT2D eigenvalue weighted by atomic mass is 9.88. The third kappa shape index (κ3) is 8.11. The largest absolute Gasteiger partial charge is 0.573 e. The quantitative estimate of drug-likeness (QED) is 0.226. The molecule has 17 heteroatoms. The van der Waals surface area contributed by atoms with Crippen molar-refractivity contribution < 1.29 is 55.3 Å². The van der Waals surface area contributed by atoms with Crippen molar-refractivity contribution in [1.82, 2.24) is 19.9 Å². The molecule has 2 aromatic carbocycles. The Morgan fingerprint density at radius 1 is 1.07 bits per heavy atom. The summed E-state index contributed by atoms with van der Waals surface area (Å²) in [5, 5.41) is 14.2. The fourth-order valence-corrected chi connectivity index (χ4v) is 7.84. The summed E-state index contributed by atoms with van der Waals surface area (Å²) in [5.74, 6) is -2.80. The van der Waals surface area contributed by atoms with Gasteiger partial charge in [-0.15, -0.1) is 19.8 Å². The molecular weight excluding hydrogens is 733 g/mol. The number of rotatable bonds is 12. The molecule has 1 aromatic heterocycles. The SMILES string of the molecule is C=C[C@@H]1C[C@]1(NC(=O)[C@@H]1CC(Oc2nc(-c3ccc(OC(F)(F)F)cc3)cc3cc(OC)ccc23)CN1C(=O)[C@@H](O)C(C)(C)C)C(=O)NS(=O)(=O)C1CC1. The number of pyridine rings is 1. The van der Waals surface area contributed by atoms with Crippen LogP contribution in [0.1, 0.15) is 46.5 Å². The monoisotopic (exact) mass is 774 g/mol. The molecule has 2 heterocycles. The number of nitrogens with zero attached hydrogens (tertiary/aromatic N) is 2. The number of aliphatic hydroxyl groups is 1. The number of methoxy groups -OCH3 is 1. The van der Waals surface area contributed by atoms with E-state index in [0.29, 0.717) is 40.6 Å². The first kappa shape index (κ1) is 38.8. The Balaban J connectivity index is 1.31. The summed E-state index contributed by atoms with van der Waals surface area (Å²) in [6, 6.07) is 10.7. The lowest BCUT2D eigenvalue weighted by Gasteiger charge is -2.32. The number of ether oxygens (including phenoxy) is 3. The molecule has 3 amide bonds. The van der Waals surface area contributed by atoms with Crippen LogP contribution in [0.2, 0.25) is 0 Å². The molecule has 3 aromatic rings. The van der Waals surface area contributed by atoms with Crippen molar-refractivity contribution in [2.24, 2.45) is 11.3 Å². The van der Waals surface area contributed by atoms with Gasteiger partial charge in [-0.25, -0.2) is 13.4 Å². The molecule has 2 aliphatic carbocycles. The highest BCUT2D eigenvalue weighted by atomic mass is 32.2. The Hall–Kier alpha value is -4.90. The second kappa shape index (κ2) is 14.1. The summed E-state index contributed by atoms with van der Waals surface area (Å²) in [6.07, 6.45) is -4.97. The molecule has 0 bridgehead atoms. The van der Waals surface area contributed by atoms with Crippen LogP contribution in [0.3, 0.4) is 0 Å². The lowest BCUT2D eigenvalue weighted by molar-refractivity contribution is -0.274. The summed E-state index contributed by atoms with van der Waals surface area (Å²) in [4.78, 5) is 47.1. The molecule has 1 aliphatic heterocycles.